The summed E-state index contributed by atoms with van der Waals surface area (Å²) in [4.78, 5) is 26.2. The predicted octanol–water partition coefficient (Wildman–Crippen LogP) is 3.70. The Morgan fingerprint density at radius 3 is 2.44 bits per heavy atom. The van der Waals surface area contributed by atoms with Crippen LogP contribution in [-0.2, 0) is 17.9 Å². The van der Waals surface area contributed by atoms with E-state index >= 15 is 0 Å². The molecule has 0 fully saturated rings. The van der Waals surface area contributed by atoms with E-state index in [9.17, 15) is 9.59 Å². The average Bonchev–Trinajstić information content (AvgIpc) is 3.53. The highest BCUT2D eigenvalue weighted by molar-refractivity contribution is 7.99. The fraction of sp³-hybridized carbons (Fsp3) is 0.200. The largest absolute Gasteiger partial charge is 0.461 e. The molecular formula is C25H25N5O3S. The average molecular weight is 476 g/mol. The third-order valence-electron chi connectivity index (χ3n) is 5.26. The lowest BCUT2D eigenvalue weighted by Crippen LogP contribution is -2.28. The molecule has 0 saturated carbocycles. The molecule has 2 amide bonds. The van der Waals surface area contributed by atoms with Gasteiger partial charge in [0, 0.05) is 26.2 Å². The van der Waals surface area contributed by atoms with Crippen LogP contribution in [0.5, 0.6) is 0 Å². The first-order valence-corrected chi connectivity index (χ1v) is 11.7. The first-order valence-electron chi connectivity index (χ1n) is 10.7. The van der Waals surface area contributed by atoms with Gasteiger partial charge in [-0.1, -0.05) is 54.2 Å². The molecule has 0 saturated heterocycles. The quantitative estimate of drug-likeness (QED) is 0.371. The summed E-state index contributed by atoms with van der Waals surface area (Å²) in [6.45, 7) is 1.01. The number of amides is 2. The van der Waals surface area contributed by atoms with Crippen LogP contribution >= 0.6 is 11.8 Å². The van der Waals surface area contributed by atoms with Crippen LogP contribution in [0.25, 0.3) is 11.6 Å². The second-order valence-electron chi connectivity index (χ2n) is 7.67. The molecular weight excluding hydrogens is 450 g/mol. The van der Waals surface area contributed by atoms with Gasteiger partial charge in [-0.05, 0) is 35.4 Å². The number of benzene rings is 2. The van der Waals surface area contributed by atoms with E-state index in [4.69, 9.17) is 4.42 Å². The summed E-state index contributed by atoms with van der Waals surface area (Å²) in [6.07, 6.45) is 1.60. The predicted molar refractivity (Wildman–Crippen MR) is 130 cm³/mol. The Bertz CT molecular complexity index is 1240. The van der Waals surface area contributed by atoms with Crippen LogP contribution in [0.3, 0.4) is 0 Å². The smallest absolute Gasteiger partial charge is 0.251 e. The molecule has 174 valence electrons. The molecule has 1 N–H and O–H groups in total. The van der Waals surface area contributed by atoms with Gasteiger partial charge in [-0.2, -0.15) is 0 Å². The Balaban J connectivity index is 1.43. The molecule has 0 aliphatic heterocycles. The zero-order valence-electron chi connectivity index (χ0n) is 19.0. The second kappa shape index (κ2) is 10.8. The Labute approximate surface area is 202 Å². The summed E-state index contributed by atoms with van der Waals surface area (Å²) in [7, 11) is 3.36. The molecule has 2 aromatic carbocycles. The highest BCUT2D eigenvalue weighted by Gasteiger charge is 2.19. The van der Waals surface area contributed by atoms with Gasteiger partial charge < -0.3 is 14.6 Å². The number of carbonyl (C=O) groups excluding carboxylic acids is 2. The van der Waals surface area contributed by atoms with E-state index in [1.54, 1.807) is 37.4 Å². The van der Waals surface area contributed by atoms with E-state index in [1.165, 1.54) is 11.8 Å². The van der Waals surface area contributed by atoms with Crippen molar-refractivity contribution in [1.29, 1.82) is 0 Å². The van der Waals surface area contributed by atoms with Gasteiger partial charge in [-0.25, -0.2) is 0 Å². The van der Waals surface area contributed by atoms with Crippen LogP contribution < -0.4 is 5.32 Å². The first kappa shape index (κ1) is 23.3. The third-order valence-corrected chi connectivity index (χ3v) is 6.21. The lowest BCUT2D eigenvalue weighted by Gasteiger charge is -2.17. The highest BCUT2D eigenvalue weighted by atomic mass is 32.2. The molecule has 0 atom stereocenters. The van der Waals surface area contributed by atoms with Gasteiger partial charge in [0.2, 0.25) is 11.7 Å². The van der Waals surface area contributed by atoms with Crippen molar-refractivity contribution < 1.29 is 14.0 Å². The number of furan rings is 1. The number of nitrogens with zero attached hydrogens (tertiary/aromatic N) is 4. The van der Waals surface area contributed by atoms with Gasteiger partial charge in [0.1, 0.15) is 0 Å². The summed E-state index contributed by atoms with van der Waals surface area (Å²) in [5, 5.41) is 11.9. The van der Waals surface area contributed by atoms with Crippen molar-refractivity contribution in [2.24, 2.45) is 0 Å². The van der Waals surface area contributed by atoms with Gasteiger partial charge >= 0.3 is 0 Å². The fourth-order valence-corrected chi connectivity index (χ4v) is 4.27. The summed E-state index contributed by atoms with van der Waals surface area (Å²) in [5.41, 5.74) is 2.63. The standard InChI is InChI=1S/C25H25N5O3S/c1-26-24(32)20-12-10-19(11-13-20)15-29(2)22(31)17-34-25-28-27-23(21-9-6-14-33-21)30(25)16-18-7-4-3-5-8-18/h3-14H,15-17H2,1-2H3,(H,26,32). The minimum Gasteiger partial charge on any atom is -0.461 e. The van der Waals surface area contributed by atoms with Crippen LogP contribution in [-0.4, -0.2) is 51.3 Å². The molecule has 8 nitrogen and oxygen atoms in total. The van der Waals surface area contributed by atoms with E-state index in [0.717, 1.165) is 11.1 Å². The van der Waals surface area contributed by atoms with Gasteiger partial charge in [-0.15, -0.1) is 10.2 Å². The third kappa shape index (κ3) is 5.55. The van der Waals surface area contributed by atoms with Crippen LogP contribution in [0.4, 0.5) is 0 Å². The fourth-order valence-electron chi connectivity index (χ4n) is 3.40. The molecule has 34 heavy (non-hydrogen) atoms. The minimum absolute atomic E-state index is 0.0332. The van der Waals surface area contributed by atoms with Crippen LogP contribution in [0.15, 0.2) is 82.6 Å². The summed E-state index contributed by atoms with van der Waals surface area (Å²) in [6, 6.07) is 20.9. The van der Waals surface area contributed by atoms with Gasteiger partial charge in [0.25, 0.3) is 5.91 Å². The highest BCUT2D eigenvalue weighted by Crippen LogP contribution is 2.26. The Kier molecular flexibility index (Phi) is 7.44. The maximum absolute atomic E-state index is 12.8. The number of hydrogen-bond donors (Lipinski definition) is 1. The van der Waals surface area contributed by atoms with Crippen molar-refractivity contribution in [3.05, 3.63) is 89.7 Å². The van der Waals surface area contributed by atoms with Crippen molar-refractivity contribution >= 4 is 23.6 Å². The van der Waals surface area contributed by atoms with Crippen molar-refractivity contribution in [1.82, 2.24) is 25.0 Å². The van der Waals surface area contributed by atoms with Gasteiger partial charge in [-0.3, -0.25) is 14.2 Å². The molecule has 2 heterocycles. The Morgan fingerprint density at radius 2 is 1.76 bits per heavy atom. The normalized spacial score (nSPS) is 10.8. The maximum atomic E-state index is 12.8. The molecule has 0 bridgehead atoms. The van der Waals surface area contributed by atoms with Crippen molar-refractivity contribution in [2.75, 3.05) is 19.8 Å². The van der Waals surface area contributed by atoms with E-state index in [1.807, 2.05) is 59.2 Å². The summed E-state index contributed by atoms with van der Waals surface area (Å²) in [5.74, 6) is 1.29. The van der Waals surface area contributed by atoms with Crippen LogP contribution in [0.1, 0.15) is 21.5 Å². The second-order valence-corrected chi connectivity index (χ2v) is 8.61. The van der Waals surface area contributed by atoms with Gasteiger partial charge in [0.05, 0.1) is 18.6 Å². The number of thioether (sulfide) groups is 1. The lowest BCUT2D eigenvalue weighted by atomic mass is 10.1. The topological polar surface area (TPSA) is 93.3 Å². The number of hydrogen-bond acceptors (Lipinski definition) is 6. The molecule has 0 aliphatic rings. The number of rotatable bonds is 9. The number of nitrogens with one attached hydrogen (secondary N) is 1. The SMILES string of the molecule is CNC(=O)c1ccc(CN(C)C(=O)CSc2nnc(-c3ccco3)n2Cc2ccccc2)cc1. The monoisotopic (exact) mass is 475 g/mol. The van der Waals surface area contributed by atoms with Crippen molar-refractivity contribution in [3.63, 3.8) is 0 Å². The first-order chi connectivity index (χ1) is 16.5. The molecule has 2 aromatic heterocycles. The molecule has 0 unspecified atom stereocenters. The summed E-state index contributed by atoms with van der Waals surface area (Å²) < 4.78 is 7.50. The zero-order chi connectivity index (χ0) is 23.9. The van der Waals surface area contributed by atoms with E-state index in [2.05, 4.69) is 15.5 Å². The van der Waals surface area contributed by atoms with E-state index < -0.39 is 0 Å². The number of aromatic nitrogens is 3. The van der Waals surface area contributed by atoms with E-state index in [-0.39, 0.29) is 17.6 Å². The van der Waals surface area contributed by atoms with Gasteiger partial charge in [0.15, 0.2) is 10.9 Å². The Hall–Kier alpha value is -3.85. The molecule has 4 rings (SSSR count). The van der Waals surface area contributed by atoms with Crippen LogP contribution in [0, 0.1) is 0 Å². The summed E-state index contributed by atoms with van der Waals surface area (Å²) >= 11 is 1.34. The molecule has 0 radical (unpaired) electrons. The lowest BCUT2D eigenvalue weighted by molar-refractivity contribution is -0.127. The molecule has 0 spiro atoms. The number of carbonyl (C=O) groups is 2. The van der Waals surface area contributed by atoms with Crippen molar-refractivity contribution in [3.8, 4) is 11.6 Å². The minimum atomic E-state index is -0.138. The maximum Gasteiger partial charge on any atom is 0.251 e. The van der Waals surface area contributed by atoms with Crippen LogP contribution in [0.2, 0.25) is 0 Å². The molecule has 9 heteroatoms. The molecule has 0 aliphatic carbocycles. The molecule has 4 aromatic rings. The Morgan fingerprint density at radius 1 is 1.00 bits per heavy atom. The van der Waals surface area contributed by atoms with E-state index in [0.29, 0.717) is 35.4 Å². The zero-order valence-corrected chi connectivity index (χ0v) is 19.8. The van der Waals surface area contributed by atoms with Crippen molar-refractivity contribution in [2.45, 2.75) is 18.2 Å².